The van der Waals surface area contributed by atoms with E-state index >= 15 is 0 Å². The van der Waals surface area contributed by atoms with Gasteiger partial charge in [0.15, 0.2) is 0 Å². The Morgan fingerprint density at radius 1 is 1.14 bits per heavy atom. The van der Waals surface area contributed by atoms with Crippen molar-refractivity contribution < 1.29 is 8.78 Å². The Balaban J connectivity index is 2.31. The van der Waals surface area contributed by atoms with Crippen LogP contribution in [0.5, 0.6) is 0 Å². The van der Waals surface area contributed by atoms with Gasteiger partial charge >= 0.3 is 0 Å². The van der Waals surface area contributed by atoms with Crippen LogP contribution in [0.4, 0.5) is 8.78 Å². The summed E-state index contributed by atoms with van der Waals surface area (Å²) in [6.07, 6.45) is 1.55. The van der Waals surface area contributed by atoms with E-state index in [1.807, 2.05) is 13.0 Å². The predicted molar refractivity (Wildman–Crippen MR) is 83.9 cm³/mol. The Bertz CT molecular complexity index is 634. The molecule has 2 N–H and O–H groups in total. The maximum Gasteiger partial charge on any atom is 0.140 e. The zero-order chi connectivity index (χ0) is 15.4. The van der Waals surface area contributed by atoms with E-state index in [0.29, 0.717) is 16.3 Å². The zero-order valence-corrected chi connectivity index (χ0v) is 13.1. The molecule has 0 radical (unpaired) electrons. The van der Waals surface area contributed by atoms with Crippen LogP contribution in [0.2, 0.25) is 5.02 Å². The molecule has 1 unspecified atom stereocenters. The van der Waals surface area contributed by atoms with Crippen LogP contribution in [-0.4, -0.2) is 6.04 Å². The first kappa shape index (κ1) is 16.3. The molecular formula is C16H16ClF2NS. The number of nitrogens with two attached hydrogens (primary N) is 1. The second kappa shape index (κ2) is 7.25. The highest BCUT2D eigenvalue weighted by Crippen LogP contribution is 2.34. The largest absolute Gasteiger partial charge is 0.327 e. The molecule has 0 aliphatic heterocycles. The van der Waals surface area contributed by atoms with Crippen LogP contribution in [0, 0.1) is 11.6 Å². The molecule has 0 heterocycles. The minimum Gasteiger partial charge on any atom is -0.327 e. The lowest BCUT2D eigenvalue weighted by atomic mass is 10.1. The molecular weight excluding hydrogens is 312 g/mol. The van der Waals surface area contributed by atoms with Gasteiger partial charge in [-0.1, -0.05) is 36.4 Å². The van der Waals surface area contributed by atoms with Gasteiger partial charge in [0.25, 0.3) is 0 Å². The van der Waals surface area contributed by atoms with Crippen molar-refractivity contribution >= 4 is 23.4 Å². The van der Waals surface area contributed by atoms with Gasteiger partial charge in [0.2, 0.25) is 0 Å². The third kappa shape index (κ3) is 4.43. The highest BCUT2D eigenvalue weighted by atomic mass is 35.5. The third-order valence-electron chi connectivity index (χ3n) is 3.15. The highest BCUT2D eigenvalue weighted by Gasteiger charge is 2.12. The van der Waals surface area contributed by atoms with Crippen LogP contribution in [0.3, 0.4) is 0 Å². The van der Waals surface area contributed by atoms with Crippen LogP contribution in [0.15, 0.2) is 46.2 Å². The van der Waals surface area contributed by atoms with E-state index < -0.39 is 11.6 Å². The molecule has 0 saturated carbocycles. The number of hydrogen-bond acceptors (Lipinski definition) is 2. The summed E-state index contributed by atoms with van der Waals surface area (Å²) in [7, 11) is 0. The van der Waals surface area contributed by atoms with Gasteiger partial charge in [0, 0.05) is 26.9 Å². The summed E-state index contributed by atoms with van der Waals surface area (Å²) in [5.74, 6) is -1.16. The van der Waals surface area contributed by atoms with E-state index in [1.54, 1.807) is 12.1 Å². The summed E-state index contributed by atoms with van der Waals surface area (Å²) in [6.45, 7) is 2.02. The lowest BCUT2D eigenvalue weighted by molar-refractivity contribution is 0.565. The topological polar surface area (TPSA) is 26.0 Å². The first-order chi connectivity index (χ1) is 9.99. The molecule has 0 aliphatic rings. The minimum atomic E-state index is -0.587. The molecule has 0 bridgehead atoms. The number of benzene rings is 2. The van der Waals surface area contributed by atoms with Gasteiger partial charge in [-0.3, -0.25) is 0 Å². The molecule has 0 aliphatic carbocycles. The van der Waals surface area contributed by atoms with Crippen LogP contribution >= 0.6 is 23.4 Å². The summed E-state index contributed by atoms with van der Waals surface area (Å²) >= 11 is 7.25. The molecule has 2 rings (SSSR count). The lowest BCUT2D eigenvalue weighted by Crippen LogP contribution is -2.21. The lowest BCUT2D eigenvalue weighted by Gasteiger charge is -2.14. The quantitative estimate of drug-likeness (QED) is 0.831. The van der Waals surface area contributed by atoms with Gasteiger partial charge in [-0.05, 0) is 42.7 Å². The first-order valence-electron chi connectivity index (χ1n) is 6.66. The maximum atomic E-state index is 13.8. The number of halogens is 3. The fourth-order valence-electron chi connectivity index (χ4n) is 1.90. The summed E-state index contributed by atoms with van der Waals surface area (Å²) in [6, 6.07) is 9.08. The van der Waals surface area contributed by atoms with Gasteiger partial charge in [-0.25, -0.2) is 8.78 Å². The van der Waals surface area contributed by atoms with E-state index in [9.17, 15) is 8.78 Å². The van der Waals surface area contributed by atoms with Crippen molar-refractivity contribution in [2.75, 3.05) is 0 Å². The molecule has 1 atom stereocenters. The average molecular weight is 328 g/mol. The highest BCUT2D eigenvalue weighted by molar-refractivity contribution is 7.99. The summed E-state index contributed by atoms with van der Waals surface area (Å²) < 4.78 is 26.7. The molecule has 2 aromatic rings. The SMILES string of the molecule is CCC(N)Cc1ccc(Cl)cc1Sc1ccc(F)cc1F. The van der Waals surface area contributed by atoms with E-state index in [1.165, 1.54) is 23.9 Å². The molecule has 0 saturated heterocycles. The van der Waals surface area contributed by atoms with Crippen molar-refractivity contribution in [3.8, 4) is 0 Å². The first-order valence-corrected chi connectivity index (χ1v) is 7.86. The normalized spacial score (nSPS) is 12.4. The van der Waals surface area contributed by atoms with E-state index in [2.05, 4.69) is 0 Å². The van der Waals surface area contributed by atoms with Crippen molar-refractivity contribution in [3.05, 3.63) is 58.6 Å². The van der Waals surface area contributed by atoms with Crippen molar-refractivity contribution in [1.82, 2.24) is 0 Å². The van der Waals surface area contributed by atoms with Crippen LogP contribution in [-0.2, 0) is 6.42 Å². The van der Waals surface area contributed by atoms with Crippen LogP contribution in [0.1, 0.15) is 18.9 Å². The van der Waals surface area contributed by atoms with Gasteiger partial charge in [0.05, 0.1) is 0 Å². The third-order valence-corrected chi connectivity index (χ3v) is 4.54. The fourth-order valence-corrected chi connectivity index (χ4v) is 3.13. The second-order valence-electron chi connectivity index (χ2n) is 4.80. The Labute approximate surface area is 132 Å². The number of hydrogen-bond donors (Lipinski definition) is 1. The molecule has 2 aromatic carbocycles. The fraction of sp³-hybridized carbons (Fsp3) is 0.250. The molecule has 21 heavy (non-hydrogen) atoms. The maximum absolute atomic E-state index is 13.8. The molecule has 5 heteroatoms. The molecule has 0 fully saturated rings. The molecule has 112 valence electrons. The van der Waals surface area contributed by atoms with Crippen molar-refractivity contribution in [2.45, 2.75) is 35.6 Å². The molecule has 1 nitrogen and oxygen atoms in total. The summed E-state index contributed by atoms with van der Waals surface area (Å²) in [5.41, 5.74) is 7.01. The average Bonchev–Trinajstić information content (AvgIpc) is 2.44. The molecule has 0 aromatic heterocycles. The van der Waals surface area contributed by atoms with Gasteiger partial charge in [-0.2, -0.15) is 0 Å². The summed E-state index contributed by atoms with van der Waals surface area (Å²) in [4.78, 5) is 1.21. The van der Waals surface area contributed by atoms with E-state index in [4.69, 9.17) is 17.3 Å². The second-order valence-corrected chi connectivity index (χ2v) is 6.32. The molecule has 0 amide bonds. The number of rotatable bonds is 5. The predicted octanol–water partition coefficient (Wildman–Crippen LogP) is 5.05. The Hall–Kier alpha value is -1.10. The molecule has 0 spiro atoms. The van der Waals surface area contributed by atoms with Gasteiger partial charge in [-0.15, -0.1) is 0 Å². The standard InChI is InChI=1S/C16H16ClF2NS/c1-2-13(20)7-10-3-4-11(17)8-16(10)21-15-6-5-12(18)9-14(15)19/h3-6,8-9,13H,2,7,20H2,1H3. The van der Waals surface area contributed by atoms with Gasteiger partial charge < -0.3 is 5.73 Å². The Kier molecular flexibility index (Phi) is 5.62. The van der Waals surface area contributed by atoms with Crippen LogP contribution in [0.25, 0.3) is 0 Å². The Morgan fingerprint density at radius 2 is 1.90 bits per heavy atom. The monoisotopic (exact) mass is 327 g/mol. The van der Waals surface area contributed by atoms with Crippen molar-refractivity contribution in [1.29, 1.82) is 0 Å². The van der Waals surface area contributed by atoms with Gasteiger partial charge in [0.1, 0.15) is 11.6 Å². The van der Waals surface area contributed by atoms with E-state index in [0.717, 1.165) is 22.9 Å². The summed E-state index contributed by atoms with van der Waals surface area (Å²) in [5, 5.41) is 0.578. The Morgan fingerprint density at radius 3 is 2.57 bits per heavy atom. The van der Waals surface area contributed by atoms with Crippen LogP contribution < -0.4 is 5.73 Å². The van der Waals surface area contributed by atoms with Crippen molar-refractivity contribution in [3.63, 3.8) is 0 Å². The van der Waals surface area contributed by atoms with Crippen molar-refractivity contribution in [2.24, 2.45) is 5.73 Å². The minimum absolute atomic E-state index is 0.0450. The smallest absolute Gasteiger partial charge is 0.140 e. The zero-order valence-electron chi connectivity index (χ0n) is 11.6. The van der Waals surface area contributed by atoms with E-state index in [-0.39, 0.29) is 6.04 Å².